The number of hydrogen-bond acceptors (Lipinski definition) is 1. The summed E-state index contributed by atoms with van der Waals surface area (Å²) < 4.78 is 0. The highest BCUT2D eigenvalue weighted by Crippen LogP contribution is 2.51. The fourth-order valence-corrected chi connectivity index (χ4v) is 5.32. The normalized spacial score (nSPS) is 33.9. The van der Waals surface area contributed by atoms with Crippen molar-refractivity contribution in [1.82, 2.24) is 0 Å². The van der Waals surface area contributed by atoms with E-state index in [1.165, 1.54) is 96.3 Å². The summed E-state index contributed by atoms with van der Waals surface area (Å²) in [5, 5.41) is 9.85. The van der Waals surface area contributed by atoms with Gasteiger partial charge in [0, 0.05) is 0 Å². The van der Waals surface area contributed by atoms with Gasteiger partial charge in [-0.1, -0.05) is 71.6 Å². The third-order valence-corrected chi connectivity index (χ3v) is 6.86. The van der Waals surface area contributed by atoms with Crippen molar-refractivity contribution in [2.75, 3.05) is 0 Å². The molecule has 0 aromatic carbocycles. The number of unbranched alkanes of at least 4 members (excludes halogenated alkanes) is 5. The van der Waals surface area contributed by atoms with Gasteiger partial charge in [-0.05, 0) is 56.3 Å². The first kappa shape index (κ1) is 18.8. The van der Waals surface area contributed by atoms with Crippen molar-refractivity contribution >= 4 is 0 Å². The number of hydrogen-bond donors (Lipinski definition) is 0. The fourth-order valence-electron chi connectivity index (χ4n) is 5.32. The molecule has 2 aliphatic carbocycles. The van der Waals surface area contributed by atoms with Gasteiger partial charge in [0.1, 0.15) is 0 Å². The number of nitrogens with zero attached hydrogens (tertiary/aromatic N) is 1. The molecule has 0 bridgehead atoms. The first-order chi connectivity index (χ1) is 11.2. The van der Waals surface area contributed by atoms with Crippen LogP contribution in [-0.4, -0.2) is 0 Å². The zero-order chi connectivity index (χ0) is 16.5. The van der Waals surface area contributed by atoms with Gasteiger partial charge in [-0.2, -0.15) is 5.26 Å². The van der Waals surface area contributed by atoms with Crippen LogP contribution in [0.25, 0.3) is 0 Å². The van der Waals surface area contributed by atoms with Gasteiger partial charge in [0.15, 0.2) is 0 Å². The smallest absolute Gasteiger partial charge is 0.0689 e. The highest BCUT2D eigenvalue weighted by atomic mass is 14.5. The molecule has 4 atom stereocenters. The second-order valence-corrected chi connectivity index (χ2v) is 8.64. The molecule has 132 valence electrons. The molecule has 2 saturated carbocycles. The van der Waals surface area contributed by atoms with Gasteiger partial charge in [0.2, 0.25) is 0 Å². The predicted octanol–water partition coefficient (Wildman–Crippen LogP) is 7.26. The summed E-state index contributed by atoms with van der Waals surface area (Å²) in [5.41, 5.74) is 0.0453. The average Bonchev–Trinajstić information content (AvgIpc) is 2.59. The molecule has 0 radical (unpaired) electrons. The number of rotatable bonds is 9. The molecule has 4 unspecified atom stereocenters. The van der Waals surface area contributed by atoms with E-state index in [0.29, 0.717) is 0 Å². The molecule has 0 saturated heterocycles. The number of fused-ring (bicyclic) bond motifs is 1. The zero-order valence-electron chi connectivity index (χ0n) is 15.8. The summed E-state index contributed by atoms with van der Waals surface area (Å²) in [5.74, 6) is 2.82. The van der Waals surface area contributed by atoms with Crippen molar-refractivity contribution in [2.24, 2.45) is 23.2 Å². The largest absolute Gasteiger partial charge is 0.198 e. The van der Waals surface area contributed by atoms with Crippen LogP contribution in [-0.2, 0) is 0 Å². The Bertz CT molecular complexity index is 369. The maximum Gasteiger partial charge on any atom is 0.0689 e. The molecule has 2 rings (SSSR count). The Morgan fingerprint density at radius 3 is 2.43 bits per heavy atom. The minimum Gasteiger partial charge on any atom is -0.198 e. The molecular weight excluding hydrogens is 278 g/mol. The Hall–Kier alpha value is -0.510. The van der Waals surface area contributed by atoms with Crippen LogP contribution in [0.4, 0.5) is 0 Å². The van der Waals surface area contributed by atoms with E-state index < -0.39 is 0 Å². The summed E-state index contributed by atoms with van der Waals surface area (Å²) in [6, 6.07) is 2.79. The molecule has 2 fully saturated rings. The molecule has 23 heavy (non-hydrogen) atoms. The predicted molar refractivity (Wildman–Crippen MR) is 99.1 cm³/mol. The van der Waals surface area contributed by atoms with Crippen LogP contribution in [0.5, 0.6) is 0 Å². The molecule has 1 heteroatoms. The Kier molecular flexibility index (Phi) is 7.94. The van der Waals surface area contributed by atoms with Gasteiger partial charge in [0.25, 0.3) is 0 Å². The van der Waals surface area contributed by atoms with E-state index in [2.05, 4.69) is 19.9 Å². The summed E-state index contributed by atoms with van der Waals surface area (Å²) >= 11 is 0. The first-order valence-corrected chi connectivity index (χ1v) is 10.6. The molecule has 0 N–H and O–H groups in total. The van der Waals surface area contributed by atoms with E-state index in [9.17, 15) is 5.26 Å². The Morgan fingerprint density at radius 2 is 1.70 bits per heavy atom. The van der Waals surface area contributed by atoms with E-state index in [0.717, 1.165) is 17.8 Å². The standard InChI is InChI=1S/C22H39N/c1-3-5-7-8-9-14-22(18-23)15-13-20-16-19(10-6-4-2)11-12-21(20)17-22/h19-21H,3-17H2,1-2H3. The van der Waals surface area contributed by atoms with Crippen LogP contribution >= 0.6 is 0 Å². The van der Waals surface area contributed by atoms with Crippen molar-refractivity contribution in [1.29, 1.82) is 5.26 Å². The second kappa shape index (κ2) is 9.71. The first-order valence-electron chi connectivity index (χ1n) is 10.6. The van der Waals surface area contributed by atoms with E-state index in [-0.39, 0.29) is 5.41 Å². The minimum absolute atomic E-state index is 0.0453. The third-order valence-electron chi connectivity index (χ3n) is 6.86. The molecule has 0 aromatic rings. The lowest BCUT2D eigenvalue weighted by Crippen LogP contribution is -2.36. The van der Waals surface area contributed by atoms with Crippen LogP contribution in [0, 0.1) is 34.5 Å². The van der Waals surface area contributed by atoms with E-state index >= 15 is 0 Å². The lowest BCUT2D eigenvalue weighted by molar-refractivity contribution is 0.0616. The Morgan fingerprint density at radius 1 is 0.913 bits per heavy atom. The van der Waals surface area contributed by atoms with Crippen LogP contribution in [0.1, 0.15) is 110 Å². The summed E-state index contributed by atoms with van der Waals surface area (Å²) in [6.07, 6.45) is 20.2. The van der Waals surface area contributed by atoms with Gasteiger partial charge < -0.3 is 0 Å². The van der Waals surface area contributed by atoms with Crippen molar-refractivity contribution in [2.45, 2.75) is 110 Å². The lowest BCUT2D eigenvalue weighted by atomic mass is 9.58. The summed E-state index contributed by atoms with van der Waals surface area (Å²) in [4.78, 5) is 0. The summed E-state index contributed by atoms with van der Waals surface area (Å²) in [7, 11) is 0. The van der Waals surface area contributed by atoms with Crippen molar-refractivity contribution in [3.63, 3.8) is 0 Å². The van der Waals surface area contributed by atoms with Gasteiger partial charge >= 0.3 is 0 Å². The maximum absolute atomic E-state index is 9.85. The maximum atomic E-state index is 9.85. The minimum atomic E-state index is 0.0453. The quantitative estimate of drug-likeness (QED) is 0.410. The topological polar surface area (TPSA) is 23.8 Å². The van der Waals surface area contributed by atoms with Crippen LogP contribution < -0.4 is 0 Å². The summed E-state index contributed by atoms with van der Waals surface area (Å²) in [6.45, 7) is 4.59. The van der Waals surface area contributed by atoms with Crippen LogP contribution in [0.2, 0.25) is 0 Å². The van der Waals surface area contributed by atoms with E-state index in [4.69, 9.17) is 0 Å². The average molecular weight is 318 g/mol. The fraction of sp³-hybridized carbons (Fsp3) is 0.955. The van der Waals surface area contributed by atoms with Gasteiger partial charge in [0.05, 0.1) is 11.5 Å². The highest BCUT2D eigenvalue weighted by Gasteiger charge is 2.42. The van der Waals surface area contributed by atoms with E-state index in [1.54, 1.807) is 0 Å². The molecule has 1 nitrogen and oxygen atoms in total. The van der Waals surface area contributed by atoms with E-state index in [1.807, 2.05) is 0 Å². The third kappa shape index (κ3) is 5.51. The molecule has 0 heterocycles. The molecular formula is C22H39N. The van der Waals surface area contributed by atoms with Crippen molar-refractivity contribution in [3.05, 3.63) is 0 Å². The molecule has 0 spiro atoms. The van der Waals surface area contributed by atoms with Gasteiger partial charge in [-0.25, -0.2) is 0 Å². The Labute approximate surface area is 145 Å². The van der Waals surface area contributed by atoms with Crippen molar-refractivity contribution in [3.8, 4) is 6.07 Å². The molecule has 0 aliphatic heterocycles. The van der Waals surface area contributed by atoms with Crippen LogP contribution in [0.15, 0.2) is 0 Å². The molecule has 0 aromatic heterocycles. The second-order valence-electron chi connectivity index (χ2n) is 8.64. The van der Waals surface area contributed by atoms with Crippen molar-refractivity contribution < 1.29 is 0 Å². The Balaban J connectivity index is 1.78. The molecule has 2 aliphatic rings. The number of nitriles is 1. The SMILES string of the molecule is CCCCCCCC1(C#N)CCC2CC(CCCC)CCC2C1. The zero-order valence-corrected chi connectivity index (χ0v) is 15.8. The van der Waals surface area contributed by atoms with Gasteiger partial charge in [-0.15, -0.1) is 0 Å². The van der Waals surface area contributed by atoms with Crippen LogP contribution in [0.3, 0.4) is 0 Å². The lowest BCUT2D eigenvalue weighted by Gasteiger charge is -2.45. The monoisotopic (exact) mass is 317 g/mol. The highest BCUT2D eigenvalue weighted by molar-refractivity contribution is 5.04. The molecule has 0 amide bonds. The van der Waals surface area contributed by atoms with Gasteiger partial charge in [-0.3, -0.25) is 0 Å².